The van der Waals surface area contributed by atoms with Gasteiger partial charge in [-0.15, -0.1) is 0 Å². The van der Waals surface area contributed by atoms with Gasteiger partial charge in [0.2, 0.25) is 0 Å². The Morgan fingerprint density at radius 1 is 1.32 bits per heavy atom. The molecule has 2 rings (SSSR count). The molecule has 1 saturated carbocycles. The van der Waals surface area contributed by atoms with Crippen molar-refractivity contribution in [3.8, 4) is 11.8 Å². The quantitative estimate of drug-likeness (QED) is 0.904. The summed E-state index contributed by atoms with van der Waals surface area (Å²) in [7, 11) is 1.62. The Hall–Kier alpha value is -1.53. The molecule has 1 aliphatic carbocycles. The van der Waals surface area contributed by atoms with Crippen molar-refractivity contribution in [1.82, 2.24) is 0 Å². The highest BCUT2D eigenvalue weighted by Gasteiger charge is 2.41. The SMILES string of the molecule is COc1ccc(C(O)C2(C#N)CCC(C)CC2)cc1. The van der Waals surface area contributed by atoms with Gasteiger partial charge in [-0.2, -0.15) is 5.26 Å². The van der Waals surface area contributed by atoms with Crippen LogP contribution in [0.2, 0.25) is 0 Å². The van der Waals surface area contributed by atoms with Gasteiger partial charge in [-0.05, 0) is 49.3 Å². The van der Waals surface area contributed by atoms with Gasteiger partial charge in [0, 0.05) is 0 Å². The number of nitrogens with zero attached hydrogens (tertiary/aromatic N) is 1. The highest BCUT2D eigenvalue weighted by atomic mass is 16.5. The van der Waals surface area contributed by atoms with E-state index in [9.17, 15) is 10.4 Å². The Labute approximate surface area is 114 Å². The van der Waals surface area contributed by atoms with Crippen LogP contribution in [0.15, 0.2) is 24.3 Å². The van der Waals surface area contributed by atoms with Crippen LogP contribution in [0.1, 0.15) is 44.3 Å². The summed E-state index contributed by atoms with van der Waals surface area (Å²) in [5, 5.41) is 20.1. The lowest BCUT2D eigenvalue weighted by Gasteiger charge is -2.37. The minimum Gasteiger partial charge on any atom is -0.497 e. The lowest BCUT2D eigenvalue weighted by molar-refractivity contribution is 0.0266. The highest BCUT2D eigenvalue weighted by Crippen LogP contribution is 2.47. The molecular weight excluding hydrogens is 238 g/mol. The number of nitriles is 1. The van der Waals surface area contributed by atoms with Crippen LogP contribution in [-0.4, -0.2) is 12.2 Å². The van der Waals surface area contributed by atoms with Crippen LogP contribution in [0, 0.1) is 22.7 Å². The van der Waals surface area contributed by atoms with Crippen molar-refractivity contribution in [1.29, 1.82) is 5.26 Å². The fourth-order valence-electron chi connectivity index (χ4n) is 2.83. The first-order valence-corrected chi connectivity index (χ1v) is 6.84. The molecule has 19 heavy (non-hydrogen) atoms. The maximum Gasteiger partial charge on any atom is 0.118 e. The molecule has 0 heterocycles. The monoisotopic (exact) mass is 259 g/mol. The summed E-state index contributed by atoms with van der Waals surface area (Å²) in [4.78, 5) is 0. The number of aliphatic hydroxyl groups excluding tert-OH is 1. The predicted molar refractivity (Wildman–Crippen MR) is 73.6 cm³/mol. The fourth-order valence-corrected chi connectivity index (χ4v) is 2.83. The molecule has 1 fully saturated rings. The average Bonchev–Trinajstić information content (AvgIpc) is 2.48. The Morgan fingerprint density at radius 3 is 2.37 bits per heavy atom. The second-order valence-electron chi connectivity index (χ2n) is 5.63. The van der Waals surface area contributed by atoms with Crippen molar-refractivity contribution in [3.05, 3.63) is 29.8 Å². The molecular formula is C16H21NO2. The Kier molecular flexibility index (Phi) is 4.11. The number of methoxy groups -OCH3 is 1. The topological polar surface area (TPSA) is 53.2 Å². The molecule has 0 spiro atoms. The molecule has 0 radical (unpaired) electrons. The Balaban J connectivity index is 2.20. The molecule has 1 aromatic rings. The second kappa shape index (κ2) is 5.63. The van der Waals surface area contributed by atoms with Gasteiger partial charge < -0.3 is 9.84 Å². The van der Waals surface area contributed by atoms with Crippen LogP contribution < -0.4 is 4.74 Å². The molecule has 1 aliphatic rings. The zero-order valence-electron chi connectivity index (χ0n) is 11.6. The summed E-state index contributed by atoms with van der Waals surface area (Å²) >= 11 is 0. The van der Waals surface area contributed by atoms with Crippen molar-refractivity contribution in [2.45, 2.75) is 38.7 Å². The minimum atomic E-state index is -0.712. The molecule has 0 bridgehead atoms. The van der Waals surface area contributed by atoms with Crippen molar-refractivity contribution in [3.63, 3.8) is 0 Å². The minimum absolute atomic E-state index is 0.624. The molecule has 1 N–H and O–H groups in total. The van der Waals surface area contributed by atoms with E-state index in [-0.39, 0.29) is 0 Å². The molecule has 0 aliphatic heterocycles. The molecule has 1 aromatic carbocycles. The normalized spacial score (nSPS) is 28.4. The first-order chi connectivity index (χ1) is 9.11. The molecule has 102 valence electrons. The van der Waals surface area contributed by atoms with E-state index in [4.69, 9.17) is 4.74 Å². The summed E-state index contributed by atoms with van der Waals surface area (Å²) in [6.45, 7) is 2.21. The van der Waals surface area contributed by atoms with Crippen LogP contribution in [0.4, 0.5) is 0 Å². The first-order valence-electron chi connectivity index (χ1n) is 6.84. The number of benzene rings is 1. The van der Waals surface area contributed by atoms with E-state index in [1.54, 1.807) is 7.11 Å². The zero-order valence-corrected chi connectivity index (χ0v) is 11.6. The largest absolute Gasteiger partial charge is 0.497 e. The summed E-state index contributed by atoms with van der Waals surface area (Å²) in [5.74, 6) is 1.42. The summed E-state index contributed by atoms with van der Waals surface area (Å²) < 4.78 is 5.11. The second-order valence-corrected chi connectivity index (χ2v) is 5.63. The third kappa shape index (κ3) is 2.74. The predicted octanol–water partition coefficient (Wildman–Crippen LogP) is 3.45. The van der Waals surface area contributed by atoms with E-state index in [1.807, 2.05) is 24.3 Å². The number of aliphatic hydroxyl groups is 1. The maximum absolute atomic E-state index is 10.6. The van der Waals surface area contributed by atoms with Gasteiger partial charge in [0.1, 0.15) is 5.75 Å². The van der Waals surface area contributed by atoms with E-state index in [2.05, 4.69) is 13.0 Å². The van der Waals surface area contributed by atoms with Crippen LogP contribution in [0.3, 0.4) is 0 Å². The molecule has 0 saturated heterocycles. The standard InChI is InChI=1S/C16H21NO2/c1-12-7-9-16(11-17,10-8-12)15(18)13-3-5-14(19-2)6-4-13/h3-6,12,15,18H,7-10H2,1-2H3. The van der Waals surface area contributed by atoms with Gasteiger partial charge in [0.15, 0.2) is 0 Å². The number of rotatable bonds is 3. The highest BCUT2D eigenvalue weighted by molar-refractivity contribution is 5.30. The van der Waals surface area contributed by atoms with E-state index >= 15 is 0 Å². The number of hydrogen-bond donors (Lipinski definition) is 1. The average molecular weight is 259 g/mol. The lowest BCUT2D eigenvalue weighted by Crippen LogP contribution is -2.32. The third-order valence-electron chi connectivity index (χ3n) is 4.34. The van der Waals surface area contributed by atoms with Crippen molar-refractivity contribution in [2.75, 3.05) is 7.11 Å². The molecule has 0 aromatic heterocycles. The number of hydrogen-bond acceptors (Lipinski definition) is 3. The fraction of sp³-hybridized carbons (Fsp3) is 0.562. The van der Waals surface area contributed by atoms with Gasteiger partial charge in [-0.3, -0.25) is 0 Å². The zero-order chi connectivity index (χ0) is 13.9. The van der Waals surface area contributed by atoms with Crippen molar-refractivity contribution in [2.24, 2.45) is 11.3 Å². The van der Waals surface area contributed by atoms with Gasteiger partial charge in [-0.1, -0.05) is 19.1 Å². The molecule has 3 nitrogen and oxygen atoms in total. The van der Waals surface area contributed by atoms with Gasteiger partial charge in [0.25, 0.3) is 0 Å². The summed E-state index contributed by atoms with van der Waals surface area (Å²) in [6, 6.07) is 9.74. The molecule has 3 heteroatoms. The smallest absolute Gasteiger partial charge is 0.118 e. The first kappa shape index (κ1) is 13.9. The Bertz CT molecular complexity index is 453. The number of ether oxygens (including phenoxy) is 1. The van der Waals surface area contributed by atoms with E-state index in [0.717, 1.165) is 37.0 Å². The summed E-state index contributed by atoms with van der Waals surface area (Å²) in [5.41, 5.74) is 0.179. The maximum atomic E-state index is 10.6. The van der Waals surface area contributed by atoms with Gasteiger partial charge in [0.05, 0.1) is 24.7 Å². The molecule has 1 atom stereocenters. The van der Waals surface area contributed by atoms with E-state index in [1.165, 1.54) is 0 Å². The summed E-state index contributed by atoms with van der Waals surface area (Å²) in [6.07, 6.45) is 2.87. The van der Waals surface area contributed by atoms with Crippen LogP contribution in [0.5, 0.6) is 5.75 Å². The Morgan fingerprint density at radius 2 is 1.89 bits per heavy atom. The van der Waals surface area contributed by atoms with E-state index < -0.39 is 11.5 Å². The van der Waals surface area contributed by atoms with Gasteiger partial charge >= 0.3 is 0 Å². The molecule has 0 amide bonds. The lowest BCUT2D eigenvalue weighted by atomic mass is 9.67. The van der Waals surface area contributed by atoms with Crippen LogP contribution in [-0.2, 0) is 0 Å². The third-order valence-corrected chi connectivity index (χ3v) is 4.34. The van der Waals surface area contributed by atoms with Crippen LogP contribution in [0.25, 0.3) is 0 Å². The molecule has 1 unspecified atom stereocenters. The van der Waals surface area contributed by atoms with Gasteiger partial charge in [-0.25, -0.2) is 0 Å². The van der Waals surface area contributed by atoms with E-state index in [0.29, 0.717) is 5.92 Å². The van der Waals surface area contributed by atoms with Crippen molar-refractivity contribution >= 4 is 0 Å². The van der Waals surface area contributed by atoms with Crippen molar-refractivity contribution < 1.29 is 9.84 Å². The van der Waals surface area contributed by atoms with Crippen LogP contribution >= 0.6 is 0 Å².